The number of benzene rings is 2. The zero-order chi connectivity index (χ0) is 30.5. The normalized spacial score (nSPS) is 18.7. The van der Waals surface area contributed by atoms with Crippen LogP contribution in [0.3, 0.4) is 0 Å². The highest BCUT2D eigenvalue weighted by atomic mass is 32.2. The van der Waals surface area contributed by atoms with E-state index in [4.69, 9.17) is 9.47 Å². The predicted octanol–water partition coefficient (Wildman–Crippen LogP) is 3.52. The van der Waals surface area contributed by atoms with Gasteiger partial charge in [-0.05, 0) is 49.4 Å². The van der Waals surface area contributed by atoms with Gasteiger partial charge in [0, 0.05) is 31.6 Å². The van der Waals surface area contributed by atoms with Crippen molar-refractivity contribution in [2.45, 2.75) is 49.9 Å². The average Bonchev–Trinajstić information content (AvgIpc) is 2.93. The van der Waals surface area contributed by atoms with Crippen LogP contribution in [0, 0.1) is 5.92 Å². The molecule has 3 atom stereocenters. The van der Waals surface area contributed by atoms with E-state index in [2.05, 4.69) is 5.32 Å². The van der Waals surface area contributed by atoms with E-state index in [9.17, 15) is 36.3 Å². The van der Waals surface area contributed by atoms with Crippen molar-refractivity contribution in [3.63, 3.8) is 0 Å². The molecule has 0 aromatic heterocycles. The fourth-order valence-electron chi connectivity index (χ4n) is 4.28. The van der Waals surface area contributed by atoms with Crippen molar-refractivity contribution in [3.05, 3.63) is 48.0 Å². The molecule has 1 heterocycles. The number of hydrogen-bond acceptors (Lipinski definition) is 7. The first kappa shape index (κ1) is 32.2. The maximum absolute atomic E-state index is 13.5. The predicted molar refractivity (Wildman–Crippen MR) is 144 cm³/mol. The van der Waals surface area contributed by atoms with Crippen molar-refractivity contribution in [2.24, 2.45) is 5.92 Å². The Bertz CT molecular complexity index is 1340. The van der Waals surface area contributed by atoms with Gasteiger partial charge in [0.1, 0.15) is 17.6 Å². The molecule has 14 heteroatoms. The van der Waals surface area contributed by atoms with Gasteiger partial charge in [-0.1, -0.05) is 6.92 Å². The lowest BCUT2D eigenvalue weighted by molar-refractivity contribution is -0.142. The number of aliphatic hydroxyl groups is 1. The number of sulfonamides is 1. The van der Waals surface area contributed by atoms with E-state index >= 15 is 0 Å². The Morgan fingerprint density at radius 2 is 1.90 bits per heavy atom. The lowest BCUT2D eigenvalue weighted by Crippen LogP contribution is -2.50. The number of hydrogen-bond donors (Lipinski definition) is 2. The lowest BCUT2D eigenvalue weighted by Gasteiger charge is -2.38. The van der Waals surface area contributed by atoms with Gasteiger partial charge in [-0.2, -0.15) is 17.5 Å². The van der Waals surface area contributed by atoms with Crippen LogP contribution in [-0.2, 0) is 14.8 Å². The third-order valence-corrected chi connectivity index (χ3v) is 8.63. The molecular formula is C27H34F3N3O7S. The van der Waals surface area contributed by atoms with Crippen molar-refractivity contribution >= 4 is 27.5 Å². The molecule has 0 saturated carbocycles. The van der Waals surface area contributed by atoms with Crippen molar-refractivity contribution < 1.29 is 45.8 Å². The van der Waals surface area contributed by atoms with Crippen LogP contribution in [0.25, 0.3) is 0 Å². The van der Waals surface area contributed by atoms with Crippen molar-refractivity contribution in [2.75, 3.05) is 39.2 Å². The highest BCUT2D eigenvalue weighted by molar-refractivity contribution is 7.89. The molecule has 2 aromatic rings. The van der Waals surface area contributed by atoms with Crippen LogP contribution in [-0.4, -0.2) is 86.7 Å². The number of amides is 2. The summed E-state index contributed by atoms with van der Waals surface area (Å²) in [7, 11) is -1.04. The largest absolute Gasteiger partial charge is 0.497 e. The minimum Gasteiger partial charge on any atom is -0.497 e. The molecule has 0 radical (unpaired) electrons. The Hall–Kier alpha value is -3.36. The van der Waals surface area contributed by atoms with Gasteiger partial charge in [0.15, 0.2) is 0 Å². The summed E-state index contributed by atoms with van der Waals surface area (Å²) in [4.78, 5) is 27.1. The van der Waals surface area contributed by atoms with E-state index in [-0.39, 0.29) is 47.5 Å². The van der Waals surface area contributed by atoms with Gasteiger partial charge in [-0.25, -0.2) is 8.42 Å². The van der Waals surface area contributed by atoms with Crippen LogP contribution in [0.1, 0.15) is 37.0 Å². The summed E-state index contributed by atoms with van der Waals surface area (Å²) < 4.78 is 76.5. The minimum atomic E-state index is -4.49. The molecule has 0 spiro atoms. The first-order valence-corrected chi connectivity index (χ1v) is 14.3. The molecule has 226 valence electrons. The molecule has 2 aromatic carbocycles. The summed E-state index contributed by atoms with van der Waals surface area (Å²) in [6, 6.07) is 9.39. The van der Waals surface area contributed by atoms with Crippen LogP contribution in [0.2, 0.25) is 0 Å². The molecule has 0 aliphatic carbocycles. The first-order valence-electron chi connectivity index (χ1n) is 12.9. The summed E-state index contributed by atoms with van der Waals surface area (Å²) in [5.41, 5.74) is 0.102. The van der Waals surface area contributed by atoms with E-state index in [1.165, 1.54) is 61.5 Å². The van der Waals surface area contributed by atoms with Crippen LogP contribution in [0.15, 0.2) is 47.4 Å². The minimum absolute atomic E-state index is 0.0106. The van der Waals surface area contributed by atoms with Crippen LogP contribution >= 0.6 is 0 Å². The quantitative estimate of drug-likeness (QED) is 0.427. The second-order valence-electron chi connectivity index (χ2n) is 9.96. The number of methoxy groups -OCH3 is 1. The van der Waals surface area contributed by atoms with Gasteiger partial charge >= 0.3 is 6.18 Å². The summed E-state index contributed by atoms with van der Waals surface area (Å²) in [6.07, 6.45) is -7.30. The van der Waals surface area contributed by atoms with Crippen molar-refractivity contribution in [1.82, 2.24) is 9.21 Å². The number of halogens is 3. The zero-order valence-electron chi connectivity index (χ0n) is 23.1. The number of alkyl halides is 3. The average molecular weight is 602 g/mol. The van der Waals surface area contributed by atoms with Crippen LogP contribution in [0.4, 0.5) is 18.9 Å². The second-order valence-corrected chi connectivity index (χ2v) is 12.0. The van der Waals surface area contributed by atoms with E-state index in [0.717, 1.165) is 4.31 Å². The monoisotopic (exact) mass is 601 g/mol. The fourth-order valence-corrected chi connectivity index (χ4v) is 5.46. The summed E-state index contributed by atoms with van der Waals surface area (Å²) in [5, 5.41) is 12.2. The topological polar surface area (TPSA) is 125 Å². The molecular weight excluding hydrogens is 567 g/mol. The van der Waals surface area contributed by atoms with Crippen molar-refractivity contribution in [1.29, 1.82) is 0 Å². The number of aliphatic hydroxyl groups excluding tert-OH is 1. The zero-order valence-corrected chi connectivity index (χ0v) is 24.0. The number of rotatable bonds is 10. The van der Waals surface area contributed by atoms with Crippen molar-refractivity contribution in [3.8, 4) is 11.5 Å². The molecule has 0 bridgehead atoms. The molecule has 2 N–H and O–H groups in total. The summed E-state index contributed by atoms with van der Waals surface area (Å²) >= 11 is 0. The van der Waals surface area contributed by atoms with Crippen LogP contribution < -0.4 is 14.8 Å². The fraction of sp³-hybridized carbons (Fsp3) is 0.481. The highest BCUT2D eigenvalue weighted by Crippen LogP contribution is 2.31. The lowest BCUT2D eigenvalue weighted by atomic mass is 9.99. The third kappa shape index (κ3) is 8.11. The molecule has 1 aliphatic rings. The third-order valence-electron chi connectivity index (χ3n) is 6.79. The summed E-state index contributed by atoms with van der Waals surface area (Å²) in [5.74, 6) is -1.17. The smallest absolute Gasteiger partial charge is 0.389 e. The van der Waals surface area contributed by atoms with E-state index < -0.39 is 53.0 Å². The number of anilines is 1. The first-order chi connectivity index (χ1) is 19.2. The number of likely N-dealkylation sites (N-methyl/N-ethyl adjacent to an activating group) is 1. The van der Waals surface area contributed by atoms with Gasteiger partial charge in [0.2, 0.25) is 15.9 Å². The van der Waals surface area contributed by atoms with Gasteiger partial charge in [0.25, 0.3) is 5.91 Å². The maximum Gasteiger partial charge on any atom is 0.389 e. The number of fused-ring (bicyclic) bond motifs is 1. The molecule has 41 heavy (non-hydrogen) atoms. The SMILES string of the molecule is COc1ccc(S(=O)(=O)N(C)C[C@H]2Oc3ccc(NC(=O)CCC(F)(F)F)cc3C(=O)N([C@H](C)CO)C[C@@H]2C)cc1. The van der Waals surface area contributed by atoms with Gasteiger partial charge in [-0.3, -0.25) is 9.59 Å². The summed E-state index contributed by atoms with van der Waals surface area (Å²) in [6.45, 7) is 3.12. The molecule has 0 unspecified atom stereocenters. The number of nitrogens with one attached hydrogen (secondary N) is 1. The molecule has 10 nitrogen and oxygen atoms in total. The molecule has 2 amide bonds. The number of carbonyl (C=O) groups excluding carboxylic acids is 2. The van der Waals surface area contributed by atoms with Gasteiger partial charge < -0.3 is 24.8 Å². The van der Waals surface area contributed by atoms with Gasteiger partial charge in [0.05, 0.1) is 43.2 Å². The number of carbonyl (C=O) groups is 2. The van der Waals surface area contributed by atoms with E-state index in [0.29, 0.717) is 5.75 Å². The Morgan fingerprint density at radius 3 is 2.49 bits per heavy atom. The molecule has 0 fully saturated rings. The standard InChI is InChI=1S/C27H34F3N3O7S/c1-17-14-33(18(2)16-34)26(36)22-13-19(31-25(35)11-12-27(28,29)30)5-10-23(22)40-24(17)15-32(3)41(37,38)21-8-6-20(39-4)7-9-21/h5-10,13,17-18,24,34H,11-12,14-16H2,1-4H3,(H,31,35)/t17-,18+,24+/m0/s1. The Kier molecular flexibility index (Phi) is 10.3. The Morgan fingerprint density at radius 1 is 1.24 bits per heavy atom. The van der Waals surface area contributed by atoms with Gasteiger partial charge in [-0.15, -0.1) is 0 Å². The Labute approximate surface area is 237 Å². The van der Waals surface area contributed by atoms with E-state index in [1.807, 2.05) is 0 Å². The highest BCUT2D eigenvalue weighted by Gasteiger charge is 2.35. The second kappa shape index (κ2) is 13.1. The number of nitrogens with zero attached hydrogens (tertiary/aromatic N) is 2. The van der Waals surface area contributed by atoms with Crippen LogP contribution in [0.5, 0.6) is 11.5 Å². The number of ether oxygens (including phenoxy) is 2. The Balaban J connectivity index is 1.90. The molecule has 0 saturated heterocycles. The van der Waals surface area contributed by atoms with E-state index in [1.54, 1.807) is 13.8 Å². The molecule has 3 rings (SSSR count). The molecule has 1 aliphatic heterocycles. The maximum atomic E-state index is 13.5.